The van der Waals surface area contributed by atoms with Crippen LogP contribution in [0.15, 0.2) is 82.5 Å². The Labute approximate surface area is 209 Å². The van der Waals surface area contributed by atoms with E-state index < -0.39 is 4.92 Å². The van der Waals surface area contributed by atoms with Crippen LogP contribution in [0.5, 0.6) is 11.6 Å². The van der Waals surface area contributed by atoms with E-state index in [0.717, 1.165) is 33.3 Å². The second-order valence-corrected chi connectivity index (χ2v) is 8.49. The quantitative estimate of drug-likeness (QED) is 0.185. The molecule has 35 heavy (non-hydrogen) atoms. The van der Waals surface area contributed by atoms with Crippen molar-refractivity contribution in [3.8, 4) is 17.3 Å². The van der Waals surface area contributed by atoms with Crippen molar-refractivity contribution < 1.29 is 14.5 Å². The highest BCUT2D eigenvalue weighted by Gasteiger charge is 2.11. The van der Waals surface area contributed by atoms with Gasteiger partial charge in [-0.3, -0.25) is 14.9 Å². The number of aromatic nitrogens is 2. The molecule has 9 nitrogen and oxygen atoms in total. The Morgan fingerprint density at radius 2 is 1.91 bits per heavy atom. The molecule has 0 fully saturated rings. The average molecular weight is 534 g/mol. The fraction of sp³-hybridized carbons (Fsp3) is 0.0800. The molecule has 2 heterocycles. The average Bonchev–Trinajstić information content (AvgIpc) is 3.12. The molecule has 2 aromatic heterocycles. The topological polar surface area (TPSA) is 112 Å². The summed E-state index contributed by atoms with van der Waals surface area (Å²) >= 11 is 3.35. The number of amides is 1. The largest absolute Gasteiger partial charge is 0.439 e. The van der Waals surface area contributed by atoms with Crippen LogP contribution in [0, 0.1) is 24.0 Å². The molecule has 0 saturated heterocycles. The Morgan fingerprint density at radius 3 is 2.57 bits per heavy atom. The van der Waals surface area contributed by atoms with Crippen molar-refractivity contribution in [1.82, 2.24) is 15.0 Å². The van der Waals surface area contributed by atoms with E-state index in [1.165, 1.54) is 12.1 Å². The summed E-state index contributed by atoms with van der Waals surface area (Å²) in [5.41, 5.74) is 6.69. The van der Waals surface area contributed by atoms with Crippen LogP contribution in [0.1, 0.15) is 27.3 Å². The van der Waals surface area contributed by atoms with Gasteiger partial charge in [0.25, 0.3) is 11.6 Å². The van der Waals surface area contributed by atoms with E-state index in [1.54, 1.807) is 36.5 Å². The number of nitrogens with zero attached hydrogens (tertiary/aromatic N) is 4. The number of pyridine rings is 1. The number of hydrogen-bond donors (Lipinski definition) is 1. The lowest BCUT2D eigenvalue weighted by Gasteiger charge is -2.11. The van der Waals surface area contributed by atoms with Crippen LogP contribution in [0.4, 0.5) is 5.69 Å². The summed E-state index contributed by atoms with van der Waals surface area (Å²) in [4.78, 5) is 26.5. The van der Waals surface area contributed by atoms with Gasteiger partial charge in [0.2, 0.25) is 5.88 Å². The third kappa shape index (κ3) is 5.61. The van der Waals surface area contributed by atoms with Crippen LogP contribution in [-0.4, -0.2) is 26.6 Å². The molecule has 0 aliphatic heterocycles. The van der Waals surface area contributed by atoms with Crippen LogP contribution < -0.4 is 10.2 Å². The first-order chi connectivity index (χ1) is 16.8. The smallest absolute Gasteiger partial charge is 0.287 e. The molecule has 0 unspecified atom stereocenters. The maximum absolute atomic E-state index is 12.3. The minimum Gasteiger partial charge on any atom is -0.439 e. The lowest BCUT2D eigenvalue weighted by Crippen LogP contribution is -2.17. The zero-order valence-corrected chi connectivity index (χ0v) is 20.4. The summed E-state index contributed by atoms with van der Waals surface area (Å²) in [6, 6.07) is 19.2. The molecule has 176 valence electrons. The van der Waals surface area contributed by atoms with Gasteiger partial charge in [0, 0.05) is 44.8 Å². The number of hydrogen-bond acceptors (Lipinski definition) is 6. The number of nitro groups is 1. The molecule has 0 atom stereocenters. The molecule has 0 saturated carbocycles. The van der Waals surface area contributed by atoms with Gasteiger partial charge in [-0.05, 0) is 62.4 Å². The second kappa shape index (κ2) is 10.3. The molecule has 0 aliphatic rings. The number of aryl methyl sites for hydroxylation is 1. The standard InChI is InChI=1S/C25H20BrN5O4/c1-16-12-19(14-28-29-25(32)18-4-3-5-20(26)13-18)17(2)30(16)21-6-9-23(10-7-21)35-24-11-8-22(15-27-24)31(33)34/h3-15H,1-2H3,(H,29,32)/b28-14-. The van der Waals surface area contributed by atoms with Gasteiger partial charge in [0.1, 0.15) is 11.9 Å². The van der Waals surface area contributed by atoms with Crippen molar-refractivity contribution in [2.24, 2.45) is 5.10 Å². The molecule has 1 amide bonds. The van der Waals surface area contributed by atoms with Gasteiger partial charge in [0.05, 0.1) is 11.1 Å². The predicted molar refractivity (Wildman–Crippen MR) is 135 cm³/mol. The van der Waals surface area contributed by atoms with Crippen molar-refractivity contribution in [2.75, 3.05) is 0 Å². The molecule has 0 radical (unpaired) electrons. The van der Waals surface area contributed by atoms with Crippen molar-refractivity contribution in [3.05, 3.63) is 110 Å². The number of carbonyl (C=O) groups is 1. The normalized spacial score (nSPS) is 10.9. The Bertz CT molecular complexity index is 1410. The van der Waals surface area contributed by atoms with Crippen molar-refractivity contribution in [1.29, 1.82) is 0 Å². The van der Waals surface area contributed by atoms with Gasteiger partial charge >= 0.3 is 0 Å². The van der Waals surface area contributed by atoms with E-state index in [0.29, 0.717) is 11.3 Å². The summed E-state index contributed by atoms with van der Waals surface area (Å²) in [5.74, 6) is 0.518. The van der Waals surface area contributed by atoms with E-state index in [2.05, 4.69) is 36.0 Å². The molecule has 1 N–H and O–H groups in total. The molecule has 0 aliphatic carbocycles. The third-order valence-electron chi connectivity index (χ3n) is 5.18. The summed E-state index contributed by atoms with van der Waals surface area (Å²) in [5, 5.41) is 14.9. The van der Waals surface area contributed by atoms with Gasteiger partial charge in [-0.25, -0.2) is 10.4 Å². The van der Waals surface area contributed by atoms with Crippen LogP contribution in [0.25, 0.3) is 5.69 Å². The van der Waals surface area contributed by atoms with Crippen molar-refractivity contribution in [3.63, 3.8) is 0 Å². The highest BCUT2D eigenvalue weighted by molar-refractivity contribution is 9.10. The highest BCUT2D eigenvalue weighted by atomic mass is 79.9. The number of carbonyl (C=O) groups excluding carboxylic acids is 1. The molecule has 0 bridgehead atoms. The number of halogens is 1. The molecule has 4 rings (SSSR count). The van der Waals surface area contributed by atoms with Gasteiger partial charge in [-0.1, -0.05) is 22.0 Å². The lowest BCUT2D eigenvalue weighted by molar-refractivity contribution is -0.385. The molecular formula is C25H20BrN5O4. The van der Waals surface area contributed by atoms with E-state index in [-0.39, 0.29) is 17.5 Å². The lowest BCUT2D eigenvalue weighted by atomic mass is 10.2. The first kappa shape index (κ1) is 23.8. The van der Waals surface area contributed by atoms with E-state index >= 15 is 0 Å². The maximum atomic E-state index is 12.3. The SMILES string of the molecule is Cc1cc(/C=N\NC(=O)c2cccc(Br)c2)c(C)n1-c1ccc(Oc2ccc([N+](=O)[O-])cn2)cc1. The van der Waals surface area contributed by atoms with Gasteiger partial charge in [0.15, 0.2) is 0 Å². The number of benzene rings is 2. The summed E-state index contributed by atoms with van der Waals surface area (Å²) in [6.45, 7) is 3.95. The molecule has 2 aromatic carbocycles. The van der Waals surface area contributed by atoms with Crippen molar-refractivity contribution in [2.45, 2.75) is 13.8 Å². The number of rotatable bonds is 7. The Morgan fingerprint density at radius 1 is 1.14 bits per heavy atom. The number of nitrogens with one attached hydrogen (secondary N) is 1. The molecule has 10 heteroatoms. The Balaban J connectivity index is 1.45. The number of ether oxygens (including phenoxy) is 1. The monoisotopic (exact) mass is 533 g/mol. The van der Waals surface area contributed by atoms with Gasteiger partial charge in [-0.15, -0.1) is 0 Å². The Hall–Kier alpha value is -4.31. The molecule has 0 spiro atoms. The third-order valence-corrected chi connectivity index (χ3v) is 5.67. The van der Waals surface area contributed by atoms with Crippen LogP contribution in [0.3, 0.4) is 0 Å². The first-order valence-electron chi connectivity index (χ1n) is 10.5. The minimum atomic E-state index is -0.511. The van der Waals surface area contributed by atoms with E-state index in [1.807, 2.05) is 38.1 Å². The maximum Gasteiger partial charge on any atom is 0.287 e. The first-order valence-corrected chi connectivity index (χ1v) is 11.3. The van der Waals surface area contributed by atoms with Crippen LogP contribution >= 0.6 is 15.9 Å². The fourth-order valence-electron chi connectivity index (χ4n) is 3.50. The molecular weight excluding hydrogens is 514 g/mol. The van der Waals surface area contributed by atoms with Crippen LogP contribution in [0.2, 0.25) is 0 Å². The Kier molecular flexibility index (Phi) is 7.02. The van der Waals surface area contributed by atoms with Gasteiger partial charge < -0.3 is 9.30 Å². The van der Waals surface area contributed by atoms with E-state index in [9.17, 15) is 14.9 Å². The predicted octanol–water partition coefficient (Wildman–Crippen LogP) is 5.72. The van der Waals surface area contributed by atoms with E-state index in [4.69, 9.17) is 4.74 Å². The highest BCUT2D eigenvalue weighted by Crippen LogP contribution is 2.25. The second-order valence-electron chi connectivity index (χ2n) is 7.58. The van der Waals surface area contributed by atoms with Crippen LogP contribution in [-0.2, 0) is 0 Å². The minimum absolute atomic E-state index is 0.0988. The zero-order valence-electron chi connectivity index (χ0n) is 18.8. The van der Waals surface area contributed by atoms with Gasteiger partial charge in [-0.2, -0.15) is 5.10 Å². The molecule has 4 aromatic rings. The summed E-state index contributed by atoms with van der Waals surface area (Å²) in [7, 11) is 0. The zero-order chi connectivity index (χ0) is 24.9. The summed E-state index contributed by atoms with van der Waals surface area (Å²) in [6.07, 6.45) is 2.77. The van der Waals surface area contributed by atoms with Crippen molar-refractivity contribution >= 4 is 33.7 Å². The number of hydrazone groups is 1. The summed E-state index contributed by atoms with van der Waals surface area (Å²) < 4.78 is 8.56. The fourth-order valence-corrected chi connectivity index (χ4v) is 3.89.